The van der Waals surface area contributed by atoms with E-state index in [1.165, 1.54) is 28.9 Å². The summed E-state index contributed by atoms with van der Waals surface area (Å²) in [6.45, 7) is 0.261. The summed E-state index contributed by atoms with van der Waals surface area (Å²) in [4.78, 5) is 15.0. The van der Waals surface area contributed by atoms with Crippen molar-refractivity contribution in [1.29, 1.82) is 0 Å². The molecule has 0 fully saturated rings. The highest BCUT2D eigenvalue weighted by molar-refractivity contribution is 6.32. The molecule has 194 valence electrons. The molecule has 3 atom stereocenters. The van der Waals surface area contributed by atoms with E-state index >= 15 is 0 Å². The minimum atomic E-state index is -0.425. The fourth-order valence-corrected chi connectivity index (χ4v) is 5.62. The summed E-state index contributed by atoms with van der Waals surface area (Å²) in [7, 11) is 0. The maximum Gasteiger partial charge on any atom is 0.269 e. The second kappa shape index (κ2) is 10.8. The Bertz CT molecular complexity index is 1560. The number of benzene rings is 4. The molecule has 39 heavy (non-hydrogen) atoms. The predicted octanol–water partition coefficient (Wildman–Crippen LogP) is 8.40. The molecule has 1 heterocycles. The van der Waals surface area contributed by atoms with Gasteiger partial charge in [-0.1, -0.05) is 54.1 Å². The highest BCUT2D eigenvalue weighted by Crippen LogP contribution is 2.49. The van der Waals surface area contributed by atoms with E-state index in [4.69, 9.17) is 16.3 Å². The lowest BCUT2D eigenvalue weighted by Crippen LogP contribution is -2.28. The van der Waals surface area contributed by atoms with Gasteiger partial charge in [-0.2, -0.15) is 0 Å². The molecule has 1 aliphatic carbocycles. The minimum absolute atomic E-state index is 0.0474. The highest BCUT2D eigenvalue weighted by atomic mass is 35.5. The molecule has 4 aromatic carbocycles. The normalized spacial score (nSPS) is 19.4. The fourth-order valence-electron chi connectivity index (χ4n) is 5.38. The van der Waals surface area contributed by atoms with Gasteiger partial charge in [0.15, 0.2) is 0 Å². The van der Waals surface area contributed by atoms with Crippen molar-refractivity contribution in [3.05, 3.63) is 141 Å². The van der Waals surface area contributed by atoms with Gasteiger partial charge in [0, 0.05) is 30.0 Å². The number of nitrogens with one attached hydrogen (secondary N) is 1. The van der Waals surface area contributed by atoms with E-state index in [-0.39, 0.29) is 18.3 Å². The maximum atomic E-state index is 10.8. The molecule has 0 unspecified atom stereocenters. The van der Waals surface area contributed by atoms with E-state index in [0.717, 1.165) is 23.2 Å². The van der Waals surface area contributed by atoms with Crippen molar-refractivity contribution in [2.75, 3.05) is 5.32 Å². The number of nitro benzene ring substituents is 1. The number of nitrogens with zero attached hydrogens (tertiary/aromatic N) is 2. The van der Waals surface area contributed by atoms with E-state index in [0.29, 0.717) is 22.6 Å². The lowest BCUT2D eigenvalue weighted by molar-refractivity contribution is -0.384. The molecule has 7 heteroatoms. The Balaban J connectivity index is 1.10. The van der Waals surface area contributed by atoms with Gasteiger partial charge in [0.2, 0.25) is 0 Å². The molecule has 0 aromatic heterocycles. The number of aliphatic imine (C=N–C) groups is 1. The van der Waals surface area contributed by atoms with E-state index in [9.17, 15) is 10.1 Å². The molecule has 4 aromatic rings. The first-order valence-corrected chi connectivity index (χ1v) is 13.2. The topological polar surface area (TPSA) is 76.8 Å². The number of anilines is 1. The number of allylic oxidation sites excluding steroid dienone is 2. The van der Waals surface area contributed by atoms with E-state index in [1.807, 2.05) is 6.07 Å². The third-order valence-electron chi connectivity index (χ3n) is 7.38. The van der Waals surface area contributed by atoms with E-state index < -0.39 is 4.92 Å². The SMILES string of the molecule is O=[N+]([O-])c1ccc(COc2ccc(C=Nc3ccc([C@@H]4Nc5ccccc5[C@H]5C=CC[C@H]54)cc3)cc2Cl)cc1. The monoisotopic (exact) mass is 535 g/mol. The minimum Gasteiger partial charge on any atom is -0.487 e. The lowest BCUT2D eigenvalue weighted by Gasteiger charge is -2.37. The summed E-state index contributed by atoms with van der Waals surface area (Å²) in [5.41, 5.74) is 6.46. The molecule has 0 saturated carbocycles. The smallest absolute Gasteiger partial charge is 0.269 e. The van der Waals surface area contributed by atoms with Crippen LogP contribution in [0.2, 0.25) is 5.02 Å². The van der Waals surface area contributed by atoms with Crippen LogP contribution in [0.4, 0.5) is 17.1 Å². The number of nitro groups is 1. The van der Waals surface area contributed by atoms with Crippen LogP contribution in [0.1, 0.15) is 40.6 Å². The molecule has 1 aliphatic heterocycles. The summed E-state index contributed by atoms with van der Waals surface area (Å²) in [6.07, 6.45) is 7.52. The highest BCUT2D eigenvalue weighted by Gasteiger charge is 2.37. The zero-order valence-electron chi connectivity index (χ0n) is 21.0. The van der Waals surface area contributed by atoms with Crippen LogP contribution < -0.4 is 10.1 Å². The third-order valence-corrected chi connectivity index (χ3v) is 7.68. The number of fused-ring (bicyclic) bond motifs is 3. The number of non-ortho nitro benzene ring substituents is 1. The maximum absolute atomic E-state index is 10.8. The summed E-state index contributed by atoms with van der Waals surface area (Å²) < 4.78 is 5.81. The second-order valence-electron chi connectivity index (χ2n) is 9.81. The second-order valence-corrected chi connectivity index (χ2v) is 10.2. The van der Waals surface area contributed by atoms with Gasteiger partial charge in [-0.25, -0.2) is 0 Å². The van der Waals surface area contributed by atoms with Crippen molar-refractivity contribution >= 4 is 34.9 Å². The fraction of sp³-hybridized carbons (Fsp3) is 0.156. The van der Waals surface area contributed by atoms with Crippen molar-refractivity contribution in [3.8, 4) is 5.75 Å². The zero-order valence-corrected chi connectivity index (χ0v) is 21.8. The Morgan fingerprint density at radius 2 is 1.82 bits per heavy atom. The van der Waals surface area contributed by atoms with Gasteiger partial charge >= 0.3 is 0 Å². The number of hydrogen-bond donors (Lipinski definition) is 1. The van der Waals surface area contributed by atoms with Crippen molar-refractivity contribution in [2.45, 2.75) is 25.0 Å². The van der Waals surface area contributed by atoms with Crippen LogP contribution in [0.25, 0.3) is 0 Å². The van der Waals surface area contributed by atoms with Gasteiger partial charge < -0.3 is 10.1 Å². The predicted molar refractivity (Wildman–Crippen MR) is 155 cm³/mol. The van der Waals surface area contributed by atoms with Crippen LogP contribution in [0.15, 0.2) is 108 Å². The molecule has 0 amide bonds. The molecule has 0 radical (unpaired) electrons. The summed E-state index contributed by atoms with van der Waals surface area (Å²) in [5, 5.41) is 15.0. The van der Waals surface area contributed by atoms with Crippen molar-refractivity contribution in [3.63, 3.8) is 0 Å². The first-order valence-electron chi connectivity index (χ1n) is 12.9. The number of halogens is 1. The summed E-state index contributed by atoms with van der Waals surface area (Å²) >= 11 is 6.44. The zero-order chi connectivity index (χ0) is 26.8. The molecule has 0 saturated heterocycles. The largest absolute Gasteiger partial charge is 0.487 e. The number of ether oxygens (including phenoxy) is 1. The Morgan fingerprint density at radius 3 is 2.59 bits per heavy atom. The van der Waals surface area contributed by atoms with E-state index in [1.54, 1.807) is 30.5 Å². The number of para-hydroxylation sites is 1. The average Bonchev–Trinajstić information content (AvgIpc) is 3.46. The van der Waals surface area contributed by atoms with Gasteiger partial charge in [-0.3, -0.25) is 15.1 Å². The Morgan fingerprint density at radius 1 is 1.03 bits per heavy atom. The van der Waals surface area contributed by atoms with Crippen LogP contribution in [-0.2, 0) is 6.61 Å². The van der Waals surface area contributed by atoms with Gasteiger partial charge in [-0.15, -0.1) is 0 Å². The van der Waals surface area contributed by atoms with Gasteiger partial charge in [-0.05, 0) is 83.1 Å². The molecule has 6 rings (SSSR count). The van der Waals surface area contributed by atoms with E-state index in [2.05, 4.69) is 71.0 Å². The standard InChI is InChI=1S/C32H26ClN3O3/c33-29-18-22(10-17-31(29)39-20-21-8-15-25(16-9-21)36(37)38)19-34-24-13-11-23(12-14-24)32-28-6-3-5-26(28)27-4-1-2-7-30(27)35-32/h1-5,7-19,26,28,32,35H,6,20H2/t26-,28-,32+/m1/s1. The first kappa shape index (κ1) is 24.9. The molecule has 6 nitrogen and oxygen atoms in total. The molecule has 1 N–H and O–H groups in total. The Labute approximate surface area is 231 Å². The first-order chi connectivity index (χ1) is 19.0. The van der Waals surface area contributed by atoms with Gasteiger partial charge in [0.25, 0.3) is 5.69 Å². The van der Waals surface area contributed by atoms with Crippen molar-refractivity contribution in [1.82, 2.24) is 0 Å². The molecular formula is C32H26ClN3O3. The molecule has 2 aliphatic rings. The summed E-state index contributed by atoms with van der Waals surface area (Å²) in [6, 6.07) is 29.0. The third kappa shape index (κ3) is 5.29. The van der Waals surface area contributed by atoms with Crippen LogP contribution in [0.5, 0.6) is 5.75 Å². The lowest BCUT2D eigenvalue weighted by atomic mass is 9.77. The van der Waals surface area contributed by atoms with Crippen LogP contribution >= 0.6 is 11.6 Å². The number of hydrogen-bond acceptors (Lipinski definition) is 5. The quantitative estimate of drug-likeness (QED) is 0.111. The Hall–Kier alpha value is -4.42. The Kier molecular flexibility index (Phi) is 6.86. The molecule has 0 bridgehead atoms. The van der Waals surface area contributed by atoms with Crippen LogP contribution in [0.3, 0.4) is 0 Å². The molecule has 0 spiro atoms. The molecular weight excluding hydrogens is 510 g/mol. The average molecular weight is 536 g/mol. The summed E-state index contributed by atoms with van der Waals surface area (Å²) in [5.74, 6) is 1.51. The van der Waals surface area contributed by atoms with Crippen molar-refractivity contribution < 1.29 is 9.66 Å². The van der Waals surface area contributed by atoms with Crippen LogP contribution in [-0.4, -0.2) is 11.1 Å². The number of rotatable bonds is 7. The van der Waals surface area contributed by atoms with Crippen LogP contribution in [0, 0.1) is 16.0 Å². The van der Waals surface area contributed by atoms with Crippen molar-refractivity contribution in [2.24, 2.45) is 10.9 Å². The van der Waals surface area contributed by atoms with Gasteiger partial charge in [0.1, 0.15) is 12.4 Å². The van der Waals surface area contributed by atoms with Gasteiger partial charge in [0.05, 0.1) is 21.7 Å².